The molecule has 2 aliphatic heterocycles. The molecular formula is C29H33N3O6. The molecule has 1 atom stereocenters. The molecule has 200 valence electrons. The monoisotopic (exact) mass is 519 g/mol. The zero-order valence-corrected chi connectivity index (χ0v) is 21.4. The number of hydrogen-bond acceptors (Lipinski definition) is 7. The Balaban J connectivity index is 0.000000181. The Morgan fingerprint density at radius 2 is 1.68 bits per heavy atom. The van der Waals surface area contributed by atoms with E-state index in [1.807, 2.05) is 48.5 Å². The molecule has 0 spiro atoms. The number of benzene rings is 3. The molecule has 5 rings (SSSR count). The van der Waals surface area contributed by atoms with Gasteiger partial charge in [-0.05, 0) is 42.4 Å². The fourth-order valence-electron chi connectivity index (χ4n) is 4.09. The largest absolute Gasteiger partial charge is 0.489 e. The number of carboxylic acid groups (broad SMARTS) is 1. The van der Waals surface area contributed by atoms with E-state index >= 15 is 0 Å². The van der Waals surface area contributed by atoms with Gasteiger partial charge in [-0.3, -0.25) is 9.69 Å². The molecule has 9 nitrogen and oxygen atoms in total. The standard InChI is InChI=1S/C16H14O5.C13H19N3O/c17-16(18)15-10-20-13-7-6-12(8-14(13)21-15)19-9-11-4-2-1-3-5-11;1-15-5-7-16(8-6-15)10-11-3-2-4-12(9-11)13(14)17/h1-8,15H,9-10H2,(H,17,18);2-4,9H,5-8,10H2,1H3,(H2,14,17). The number of nitrogens with zero attached hydrogens (tertiary/aromatic N) is 2. The molecule has 2 heterocycles. The summed E-state index contributed by atoms with van der Waals surface area (Å²) in [5.41, 5.74) is 8.08. The second kappa shape index (κ2) is 12.9. The zero-order valence-electron chi connectivity index (χ0n) is 21.4. The minimum absolute atomic E-state index is 0.00650. The van der Waals surface area contributed by atoms with Crippen LogP contribution in [0, 0.1) is 0 Å². The minimum Gasteiger partial charge on any atom is -0.489 e. The predicted molar refractivity (Wildman–Crippen MR) is 142 cm³/mol. The molecular weight excluding hydrogens is 486 g/mol. The van der Waals surface area contributed by atoms with E-state index in [4.69, 9.17) is 25.1 Å². The van der Waals surface area contributed by atoms with Gasteiger partial charge in [0.15, 0.2) is 11.5 Å². The van der Waals surface area contributed by atoms with Crippen molar-refractivity contribution in [2.45, 2.75) is 19.3 Å². The van der Waals surface area contributed by atoms with E-state index in [1.165, 1.54) is 0 Å². The molecule has 1 saturated heterocycles. The van der Waals surface area contributed by atoms with Gasteiger partial charge >= 0.3 is 5.97 Å². The highest BCUT2D eigenvalue weighted by molar-refractivity contribution is 5.92. The molecule has 0 aromatic heterocycles. The Morgan fingerprint density at radius 1 is 0.947 bits per heavy atom. The number of primary amides is 1. The maximum absolute atomic E-state index is 11.1. The van der Waals surface area contributed by atoms with Crippen LogP contribution in [0.3, 0.4) is 0 Å². The summed E-state index contributed by atoms with van der Waals surface area (Å²) in [6, 6.07) is 22.5. The summed E-state index contributed by atoms with van der Waals surface area (Å²) >= 11 is 0. The number of aliphatic carboxylic acids is 1. The molecule has 38 heavy (non-hydrogen) atoms. The third kappa shape index (κ3) is 7.71. The number of hydrogen-bond donors (Lipinski definition) is 2. The number of carboxylic acids is 1. The van der Waals surface area contributed by atoms with Crippen LogP contribution in [0.1, 0.15) is 21.5 Å². The van der Waals surface area contributed by atoms with Crippen LogP contribution < -0.4 is 19.9 Å². The van der Waals surface area contributed by atoms with Crippen molar-refractivity contribution in [1.82, 2.24) is 9.80 Å². The molecule has 3 aromatic rings. The van der Waals surface area contributed by atoms with Crippen LogP contribution in [0.4, 0.5) is 0 Å². The molecule has 1 unspecified atom stereocenters. The quantitative estimate of drug-likeness (QED) is 0.490. The number of ether oxygens (including phenoxy) is 3. The summed E-state index contributed by atoms with van der Waals surface area (Å²) in [6.07, 6.45) is -0.984. The molecule has 0 saturated carbocycles. The number of amides is 1. The van der Waals surface area contributed by atoms with Crippen LogP contribution in [0.25, 0.3) is 0 Å². The zero-order chi connectivity index (χ0) is 26.9. The Bertz CT molecular complexity index is 1230. The second-order valence-corrected chi connectivity index (χ2v) is 9.28. The molecule has 3 N–H and O–H groups in total. The lowest BCUT2D eigenvalue weighted by molar-refractivity contribution is -0.147. The Hall–Kier alpha value is -4.08. The first-order valence-corrected chi connectivity index (χ1v) is 12.5. The maximum Gasteiger partial charge on any atom is 0.348 e. The lowest BCUT2D eigenvalue weighted by Gasteiger charge is -2.32. The summed E-state index contributed by atoms with van der Waals surface area (Å²) < 4.78 is 16.4. The van der Waals surface area contributed by atoms with Crippen molar-refractivity contribution in [2.24, 2.45) is 5.73 Å². The van der Waals surface area contributed by atoms with E-state index in [0.29, 0.717) is 29.4 Å². The summed E-state index contributed by atoms with van der Waals surface area (Å²) in [7, 11) is 2.14. The van der Waals surface area contributed by atoms with Gasteiger partial charge in [0, 0.05) is 44.4 Å². The first-order chi connectivity index (χ1) is 18.4. The van der Waals surface area contributed by atoms with E-state index in [0.717, 1.165) is 43.9 Å². The molecule has 9 heteroatoms. The highest BCUT2D eigenvalue weighted by Gasteiger charge is 2.27. The van der Waals surface area contributed by atoms with Crippen LogP contribution in [0.2, 0.25) is 0 Å². The van der Waals surface area contributed by atoms with Gasteiger partial charge in [0.2, 0.25) is 12.0 Å². The van der Waals surface area contributed by atoms with Gasteiger partial charge in [-0.2, -0.15) is 0 Å². The van der Waals surface area contributed by atoms with Crippen molar-refractivity contribution in [3.8, 4) is 17.2 Å². The third-order valence-electron chi connectivity index (χ3n) is 6.31. The average Bonchev–Trinajstić information content (AvgIpc) is 2.94. The molecule has 2 aliphatic rings. The first kappa shape index (κ1) is 27.0. The van der Waals surface area contributed by atoms with Crippen molar-refractivity contribution in [3.63, 3.8) is 0 Å². The van der Waals surface area contributed by atoms with E-state index in [9.17, 15) is 9.59 Å². The van der Waals surface area contributed by atoms with E-state index in [1.54, 1.807) is 24.3 Å². The fraction of sp³-hybridized carbons (Fsp3) is 0.310. The molecule has 3 aromatic carbocycles. The van der Waals surface area contributed by atoms with Crippen molar-refractivity contribution in [3.05, 3.63) is 89.5 Å². The maximum atomic E-state index is 11.1. The second-order valence-electron chi connectivity index (χ2n) is 9.28. The minimum atomic E-state index is -1.05. The summed E-state index contributed by atoms with van der Waals surface area (Å²) in [4.78, 5) is 26.7. The van der Waals surface area contributed by atoms with Crippen molar-refractivity contribution >= 4 is 11.9 Å². The number of nitrogens with two attached hydrogens (primary N) is 1. The number of fused-ring (bicyclic) bond motifs is 1. The summed E-state index contributed by atoms with van der Waals surface area (Å²) in [6.45, 7) is 5.71. The summed E-state index contributed by atoms with van der Waals surface area (Å²) in [5.74, 6) is 0.118. The van der Waals surface area contributed by atoms with Gasteiger partial charge in [0.05, 0.1) is 0 Å². The van der Waals surface area contributed by atoms with Crippen molar-refractivity contribution in [1.29, 1.82) is 0 Å². The molecule has 1 fully saturated rings. The normalized spacial score (nSPS) is 17.1. The average molecular weight is 520 g/mol. The first-order valence-electron chi connectivity index (χ1n) is 12.5. The molecule has 0 aliphatic carbocycles. The highest BCUT2D eigenvalue weighted by atomic mass is 16.6. The number of carbonyl (C=O) groups is 2. The number of piperazine rings is 1. The van der Waals surface area contributed by atoms with E-state index in [2.05, 4.69) is 16.8 Å². The van der Waals surface area contributed by atoms with Crippen LogP contribution in [0.5, 0.6) is 17.2 Å². The number of likely N-dealkylation sites (N-methyl/N-ethyl adjacent to an activating group) is 1. The molecule has 0 bridgehead atoms. The Morgan fingerprint density at radius 3 is 2.39 bits per heavy atom. The van der Waals surface area contributed by atoms with Crippen molar-refractivity contribution in [2.75, 3.05) is 39.8 Å². The van der Waals surface area contributed by atoms with Gasteiger partial charge in [-0.15, -0.1) is 0 Å². The lowest BCUT2D eigenvalue weighted by atomic mass is 10.1. The van der Waals surface area contributed by atoms with Crippen molar-refractivity contribution < 1.29 is 28.9 Å². The summed E-state index contributed by atoms with van der Waals surface area (Å²) in [5, 5.41) is 8.95. The van der Waals surface area contributed by atoms with Gasteiger partial charge in [0.25, 0.3) is 0 Å². The Labute approximate surface area is 222 Å². The van der Waals surface area contributed by atoms with Gasteiger partial charge in [-0.1, -0.05) is 42.5 Å². The SMILES string of the molecule is CN1CCN(Cc2cccc(C(N)=O)c2)CC1.O=C(O)C1COc2ccc(OCc3ccccc3)cc2O1. The molecule has 0 radical (unpaired) electrons. The van der Waals surface area contributed by atoms with Crippen LogP contribution >= 0.6 is 0 Å². The number of rotatable bonds is 7. The highest BCUT2D eigenvalue weighted by Crippen LogP contribution is 2.35. The van der Waals surface area contributed by atoms with E-state index in [-0.39, 0.29) is 12.5 Å². The van der Waals surface area contributed by atoms with Crippen LogP contribution in [0.15, 0.2) is 72.8 Å². The van der Waals surface area contributed by atoms with Gasteiger partial charge < -0.3 is 30.0 Å². The van der Waals surface area contributed by atoms with E-state index < -0.39 is 12.1 Å². The van der Waals surface area contributed by atoms with Gasteiger partial charge in [0.1, 0.15) is 19.0 Å². The van der Waals surface area contributed by atoms with Crippen LogP contribution in [-0.2, 0) is 17.9 Å². The smallest absolute Gasteiger partial charge is 0.348 e. The predicted octanol–water partition coefficient (Wildman–Crippen LogP) is 3.02. The fourth-order valence-corrected chi connectivity index (χ4v) is 4.09. The third-order valence-corrected chi connectivity index (χ3v) is 6.31. The topological polar surface area (TPSA) is 115 Å². The Kier molecular flexibility index (Phi) is 9.18. The lowest BCUT2D eigenvalue weighted by Crippen LogP contribution is -2.43. The van der Waals surface area contributed by atoms with Gasteiger partial charge in [-0.25, -0.2) is 4.79 Å². The molecule has 1 amide bonds. The number of carbonyl (C=O) groups excluding carboxylic acids is 1. The van der Waals surface area contributed by atoms with Crippen LogP contribution in [-0.4, -0.2) is 72.7 Å².